The molecular weight excluding hydrogens is 230 g/mol. The van der Waals surface area contributed by atoms with Gasteiger partial charge in [0.2, 0.25) is 5.75 Å². The molecule has 94 valence electrons. The Labute approximate surface area is 97.8 Å². The number of nitrogens with one attached hydrogen (secondary N) is 1. The Morgan fingerprint density at radius 3 is 2.47 bits per heavy atom. The lowest BCUT2D eigenvalue weighted by Gasteiger charge is -2.20. The summed E-state index contributed by atoms with van der Waals surface area (Å²) in [7, 11) is 0. The van der Waals surface area contributed by atoms with E-state index in [-0.39, 0.29) is 5.69 Å². The number of nitrogens with two attached hydrogens (primary N) is 1. The molecule has 0 aliphatic rings. The van der Waals surface area contributed by atoms with Gasteiger partial charge in [-0.25, -0.2) is 13.6 Å². The zero-order valence-corrected chi connectivity index (χ0v) is 9.80. The molecule has 0 aliphatic heterocycles. The Bertz CT molecular complexity index is 442. The van der Waals surface area contributed by atoms with Crippen LogP contribution in [0.15, 0.2) is 12.1 Å². The van der Waals surface area contributed by atoms with Crippen LogP contribution in [0.5, 0.6) is 5.75 Å². The fraction of sp³-hybridized carbons (Fsp3) is 0.364. The van der Waals surface area contributed by atoms with E-state index in [0.717, 1.165) is 12.1 Å². The molecule has 4 nitrogen and oxygen atoms in total. The van der Waals surface area contributed by atoms with E-state index >= 15 is 0 Å². The maximum Gasteiger partial charge on any atom is 0.413 e. The van der Waals surface area contributed by atoms with Crippen LogP contribution in [0, 0.1) is 11.6 Å². The van der Waals surface area contributed by atoms with Crippen molar-refractivity contribution >= 4 is 11.8 Å². The molecule has 1 aromatic carbocycles. The Balaban J connectivity index is 2.89. The topological polar surface area (TPSA) is 64.3 Å². The van der Waals surface area contributed by atoms with Crippen LogP contribution < -0.4 is 15.8 Å². The zero-order chi connectivity index (χ0) is 13.2. The highest BCUT2D eigenvalue weighted by Gasteiger charge is 2.20. The molecule has 0 saturated carbocycles. The fourth-order valence-corrected chi connectivity index (χ4v) is 1.07. The first kappa shape index (κ1) is 13.2. The molecule has 1 amide bonds. The number of ether oxygens (including phenoxy) is 1. The number of hydrogen-bond donors (Lipinski definition) is 2. The van der Waals surface area contributed by atoms with Crippen LogP contribution in [0.1, 0.15) is 20.8 Å². The van der Waals surface area contributed by atoms with Crippen molar-refractivity contribution in [2.24, 2.45) is 0 Å². The van der Waals surface area contributed by atoms with E-state index in [1.807, 2.05) is 0 Å². The molecule has 0 fully saturated rings. The average Bonchev–Trinajstić information content (AvgIpc) is 2.16. The summed E-state index contributed by atoms with van der Waals surface area (Å²) >= 11 is 0. The number of halogens is 2. The van der Waals surface area contributed by atoms with E-state index < -0.39 is 29.0 Å². The molecule has 0 saturated heterocycles. The third-order valence-electron chi connectivity index (χ3n) is 1.75. The van der Waals surface area contributed by atoms with Gasteiger partial charge >= 0.3 is 6.09 Å². The highest BCUT2D eigenvalue weighted by atomic mass is 19.1. The minimum atomic E-state index is -1.09. The maximum atomic E-state index is 13.4. The van der Waals surface area contributed by atoms with Gasteiger partial charge in [0.15, 0.2) is 11.6 Å². The summed E-state index contributed by atoms with van der Waals surface area (Å²) < 4.78 is 31.2. The first-order valence-electron chi connectivity index (χ1n) is 4.94. The summed E-state index contributed by atoms with van der Waals surface area (Å²) in [5.41, 5.74) is 4.39. The minimum Gasteiger partial charge on any atom is -0.404 e. The van der Waals surface area contributed by atoms with Crippen LogP contribution in [0.4, 0.5) is 19.3 Å². The minimum absolute atomic E-state index is 0.287. The zero-order valence-electron chi connectivity index (χ0n) is 9.80. The Hall–Kier alpha value is -1.85. The molecule has 0 unspecified atom stereocenters. The van der Waals surface area contributed by atoms with Gasteiger partial charge < -0.3 is 15.8 Å². The average molecular weight is 244 g/mol. The number of anilines is 1. The highest BCUT2D eigenvalue weighted by Crippen LogP contribution is 2.26. The Kier molecular flexibility index (Phi) is 3.55. The van der Waals surface area contributed by atoms with E-state index in [1.165, 1.54) is 0 Å². The molecule has 1 aromatic rings. The van der Waals surface area contributed by atoms with Crippen molar-refractivity contribution in [1.82, 2.24) is 5.32 Å². The normalized spacial score (nSPS) is 11.1. The molecule has 0 spiro atoms. The number of benzene rings is 1. The smallest absolute Gasteiger partial charge is 0.404 e. The summed E-state index contributed by atoms with van der Waals surface area (Å²) in [6, 6.07) is 1.98. The molecule has 0 aromatic heterocycles. The van der Waals surface area contributed by atoms with Crippen molar-refractivity contribution in [2.75, 3.05) is 5.73 Å². The molecule has 3 N–H and O–H groups in total. The summed E-state index contributed by atoms with van der Waals surface area (Å²) in [6.07, 6.45) is -0.944. The predicted octanol–water partition coefficient (Wildman–Crippen LogP) is 2.43. The molecule has 0 heterocycles. The number of carbonyl (C=O) groups excluding carboxylic acids is 1. The molecule has 6 heteroatoms. The van der Waals surface area contributed by atoms with Gasteiger partial charge in [0, 0.05) is 5.54 Å². The number of carbonyl (C=O) groups is 1. The summed E-state index contributed by atoms with van der Waals surface area (Å²) in [4.78, 5) is 11.3. The maximum absolute atomic E-state index is 13.4. The third-order valence-corrected chi connectivity index (χ3v) is 1.75. The van der Waals surface area contributed by atoms with Gasteiger partial charge in [-0.15, -0.1) is 0 Å². The van der Waals surface area contributed by atoms with Gasteiger partial charge in [0.25, 0.3) is 0 Å². The van der Waals surface area contributed by atoms with Gasteiger partial charge in [0.05, 0.1) is 5.69 Å². The van der Waals surface area contributed by atoms with E-state index in [1.54, 1.807) is 20.8 Å². The van der Waals surface area contributed by atoms with Crippen LogP contribution in [0.25, 0.3) is 0 Å². The van der Waals surface area contributed by atoms with Crippen molar-refractivity contribution in [2.45, 2.75) is 26.3 Å². The molecule has 1 rings (SSSR count). The van der Waals surface area contributed by atoms with E-state index in [0.29, 0.717) is 0 Å². The number of hydrogen-bond acceptors (Lipinski definition) is 3. The van der Waals surface area contributed by atoms with Crippen LogP contribution >= 0.6 is 0 Å². The van der Waals surface area contributed by atoms with Crippen LogP contribution in [0.3, 0.4) is 0 Å². The second kappa shape index (κ2) is 4.57. The van der Waals surface area contributed by atoms with E-state index in [2.05, 4.69) is 10.1 Å². The summed E-state index contributed by atoms with van der Waals surface area (Å²) in [5, 5.41) is 2.41. The molecule has 17 heavy (non-hydrogen) atoms. The molecule has 0 aliphatic carbocycles. The second-order valence-electron chi connectivity index (χ2n) is 4.54. The standard InChI is InChI=1S/C11H14F2N2O2/c1-11(2,3)15-10(16)17-9-6(12)4-5-7(14)8(9)13/h4-5H,14H2,1-3H3,(H,15,16). The number of rotatable bonds is 1. The lowest BCUT2D eigenvalue weighted by molar-refractivity contribution is 0.186. The fourth-order valence-electron chi connectivity index (χ4n) is 1.07. The quantitative estimate of drug-likeness (QED) is 0.746. The number of nitrogen functional groups attached to an aromatic ring is 1. The molecular formula is C11H14F2N2O2. The summed E-state index contributed by atoms with van der Waals surface area (Å²) in [5.74, 6) is -2.87. The lowest BCUT2D eigenvalue weighted by Crippen LogP contribution is -2.42. The van der Waals surface area contributed by atoms with Crippen molar-refractivity contribution in [3.63, 3.8) is 0 Å². The van der Waals surface area contributed by atoms with Crippen molar-refractivity contribution in [3.05, 3.63) is 23.8 Å². The van der Waals surface area contributed by atoms with Crippen LogP contribution in [-0.4, -0.2) is 11.6 Å². The SMILES string of the molecule is CC(C)(C)NC(=O)Oc1c(F)ccc(N)c1F. The lowest BCUT2D eigenvalue weighted by atomic mass is 10.1. The van der Waals surface area contributed by atoms with Crippen molar-refractivity contribution < 1.29 is 18.3 Å². The van der Waals surface area contributed by atoms with Gasteiger partial charge in [-0.1, -0.05) is 0 Å². The monoisotopic (exact) mass is 244 g/mol. The Morgan fingerprint density at radius 1 is 1.35 bits per heavy atom. The molecule has 0 radical (unpaired) electrons. The first-order chi connectivity index (χ1) is 7.70. The largest absolute Gasteiger partial charge is 0.413 e. The van der Waals surface area contributed by atoms with E-state index in [9.17, 15) is 13.6 Å². The predicted molar refractivity (Wildman–Crippen MR) is 59.7 cm³/mol. The van der Waals surface area contributed by atoms with Gasteiger partial charge in [-0.3, -0.25) is 0 Å². The highest BCUT2D eigenvalue weighted by molar-refractivity contribution is 5.71. The van der Waals surface area contributed by atoms with Crippen LogP contribution in [-0.2, 0) is 0 Å². The van der Waals surface area contributed by atoms with Gasteiger partial charge in [-0.2, -0.15) is 0 Å². The van der Waals surface area contributed by atoms with E-state index in [4.69, 9.17) is 5.73 Å². The van der Waals surface area contributed by atoms with Crippen molar-refractivity contribution in [3.8, 4) is 5.75 Å². The third kappa shape index (κ3) is 3.58. The van der Waals surface area contributed by atoms with Gasteiger partial charge in [0.1, 0.15) is 0 Å². The first-order valence-corrected chi connectivity index (χ1v) is 4.94. The molecule has 0 bridgehead atoms. The number of amides is 1. The second-order valence-corrected chi connectivity index (χ2v) is 4.54. The van der Waals surface area contributed by atoms with Gasteiger partial charge in [-0.05, 0) is 32.9 Å². The molecule has 0 atom stereocenters. The van der Waals surface area contributed by atoms with Crippen LogP contribution in [0.2, 0.25) is 0 Å². The summed E-state index contributed by atoms with van der Waals surface area (Å²) in [6.45, 7) is 5.13. The van der Waals surface area contributed by atoms with Crippen molar-refractivity contribution in [1.29, 1.82) is 0 Å². The Morgan fingerprint density at radius 2 is 1.94 bits per heavy atom.